The lowest BCUT2D eigenvalue weighted by atomic mass is 10.1. The van der Waals surface area contributed by atoms with Gasteiger partial charge in [-0.2, -0.15) is 4.89 Å². The lowest BCUT2D eigenvalue weighted by Gasteiger charge is -2.19. The van der Waals surface area contributed by atoms with Crippen LogP contribution in [0, 0.1) is 11.8 Å². The lowest BCUT2D eigenvalue weighted by Crippen LogP contribution is -2.25. The molecule has 8 heteroatoms. The Bertz CT molecular complexity index is 580. The quantitative estimate of drug-likeness (QED) is 0.289. The first-order chi connectivity index (χ1) is 14.3. The highest BCUT2D eigenvalue weighted by Gasteiger charge is 2.12. The van der Waals surface area contributed by atoms with Crippen molar-refractivity contribution in [3.63, 3.8) is 0 Å². The van der Waals surface area contributed by atoms with Gasteiger partial charge >= 0.3 is 0 Å². The summed E-state index contributed by atoms with van der Waals surface area (Å²) in [7, 11) is 0. The Morgan fingerprint density at radius 3 is 2.59 bits per heavy atom. The predicted octanol–water partition coefficient (Wildman–Crippen LogP) is 3.62. The van der Waals surface area contributed by atoms with E-state index in [1.807, 2.05) is 0 Å². The number of nitrogens with zero attached hydrogens (tertiary/aromatic N) is 3. The van der Waals surface area contributed by atoms with E-state index in [4.69, 9.17) is 9.99 Å². The lowest BCUT2D eigenvalue weighted by molar-refractivity contribution is -0.620. The van der Waals surface area contributed by atoms with Gasteiger partial charge in [0.25, 0.3) is 0 Å². The van der Waals surface area contributed by atoms with Crippen molar-refractivity contribution in [3.05, 3.63) is 11.8 Å². The number of fused-ring (bicyclic) bond motifs is 1. The molecule has 164 valence electrons. The van der Waals surface area contributed by atoms with Crippen LogP contribution < -0.4 is 4.74 Å². The number of ether oxygens (including phenoxy) is 1. The van der Waals surface area contributed by atoms with Gasteiger partial charge in [0.1, 0.15) is 6.61 Å². The van der Waals surface area contributed by atoms with E-state index in [0.29, 0.717) is 0 Å². The predicted molar refractivity (Wildman–Crippen MR) is 109 cm³/mol. The van der Waals surface area contributed by atoms with Crippen LogP contribution in [0.15, 0.2) is 6.07 Å². The minimum absolute atomic E-state index is 0.0804. The normalized spacial score (nSPS) is 16.6. The van der Waals surface area contributed by atoms with Gasteiger partial charge in [-0.05, 0) is 81.6 Å². The van der Waals surface area contributed by atoms with Gasteiger partial charge in [0.05, 0.1) is 6.61 Å². The zero-order valence-corrected chi connectivity index (χ0v) is 17.6. The first kappa shape index (κ1) is 23.6. The number of hydrogen-bond donors (Lipinski definition) is 1. The summed E-state index contributed by atoms with van der Waals surface area (Å²) in [6.07, 6.45) is 11.7. The van der Waals surface area contributed by atoms with Crippen molar-refractivity contribution < 1.29 is 25.0 Å². The maximum atomic E-state index is 7.47. The van der Waals surface area contributed by atoms with Crippen LogP contribution in [0.2, 0.25) is 0 Å². The molecule has 0 atom stereocenters. The summed E-state index contributed by atoms with van der Waals surface area (Å²) < 4.78 is 7.94. The van der Waals surface area contributed by atoms with Crippen molar-refractivity contribution in [3.8, 4) is 17.7 Å². The Balaban J connectivity index is 0.000000321. The number of hydrogen-bond acceptors (Lipinski definition) is 7. The number of aryl methyl sites for hydroxylation is 2. The van der Waals surface area contributed by atoms with Crippen LogP contribution in [0.3, 0.4) is 0 Å². The van der Waals surface area contributed by atoms with E-state index >= 15 is 0 Å². The Hall–Kier alpha value is -1.63. The summed E-state index contributed by atoms with van der Waals surface area (Å²) >= 11 is 0. The topological polar surface area (TPSA) is 78.2 Å². The summed E-state index contributed by atoms with van der Waals surface area (Å²) in [5.41, 5.74) is 1.35. The molecule has 0 bridgehead atoms. The van der Waals surface area contributed by atoms with E-state index in [2.05, 4.69) is 47.6 Å². The number of rotatable bonds is 9. The van der Waals surface area contributed by atoms with Crippen molar-refractivity contribution in [1.82, 2.24) is 14.7 Å². The number of unbranched alkanes of at least 4 members (excludes halogenated alkanes) is 1. The van der Waals surface area contributed by atoms with E-state index in [0.717, 1.165) is 31.9 Å². The van der Waals surface area contributed by atoms with Gasteiger partial charge in [-0.1, -0.05) is 18.8 Å². The highest BCUT2D eigenvalue weighted by Crippen LogP contribution is 2.19. The molecule has 0 aliphatic carbocycles. The maximum absolute atomic E-state index is 7.47. The largest absolute Gasteiger partial charge is 0.477 e. The zero-order valence-electron chi connectivity index (χ0n) is 17.6. The van der Waals surface area contributed by atoms with E-state index in [9.17, 15) is 0 Å². The van der Waals surface area contributed by atoms with Gasteiger partial charge < -0.3 is 9.64 Å². The third kappa shape index (κ3) is 10.1. The van der Waals surface area contributed by atoms with E-state index in [-0.39, 0.29) is 6.61 Å². The van der Waals surface area contributed by atoms with Crippen LogP contribution in [0.4, 0.5) is 0 Å². The molecule has 1 fully saturated rings. The summed E-state index contributed by atoms with van der Waals surface area (Å²) in [5.74, 6) is 5.86. The summed E-state index contributed by atoms with van der Waals surface area (Å²) in [6, 6.07) is 2.13. The molecule has 3 rings (SSSR count). The smallest absolute Gasteiger partial charge is 0.232 e. The maximum Gasteiger partial charge on any atom is 0.232 e. The molecule has 2 aliphatic rings. The number of aromatic nitrogens is 2. The standard InChI is InChI=1S/C17H29N3O.C4H6O4/c1-2-5-11-19(10-4-1)12-7-8-14-21-17-15-16-9-3-6-13-20(16)18-17;1-2-3-4-6-8-7-5/h15H,1-14H2;5H,4H2,1H3. The molecule has 2 aliphatic heterocycles. The summed E-state index contributed by atoms with van der Waals surface area (Å²) in [6.45, 7) is 7.45. The van der Waals surface area contributed by atoms with Crippen molar-refractivity contribution in [2.24, 2.45) is 0 Å². The second kappa shape index (κ2) is 15.2. The molecular formula is C21H35N3O5. The molecule has 0 unspecified atom stereocenters. The van der Waals surface area contributed by atoms with Gasteiger partial charge in [-0.15, -0.1) is 11.0 Å². The summed E-state index contributed by atoms with van der Waals surface area (Å²) in [4.78, 5) is 6.70. The molecule has 1 aromatic heterocycles. The number of likely N-dealkylation sites (tertiary alicyclic amines) is 1. The minimum Gasteiger partial charge on any atom is -0.477 e. The molecule has 0 spiro atoms. The average molecular weight is 410 g/mol. The van der Waals surface area contributed by atoms with Crippen LogP contribution in [-0.4, -0.2) is 52.8 Å². The summed E-state index contributed by atoms with van der Waals surface area (Å²) in [5, 5.41) is 18.7. The first-order valence-corrected chi connectivity index (χ1v) is 10.7. The highest BCUT2D eigenvalue weighted by atomic mass is 17.6. The van der Waals surface area contributed by atoms with Crippen LogP contribution in [0.1, 0.15) is 64.0 Å². The fraction of sp³-hybridized carbons (Fsp3) is 0.762. The molecule has 1 saturated heterocycles. The molecule has 0 amide bonds. The van der Waals surface area contributed by atoms with E-state index in [1.165, 1.54) is 70.3 Å². The minimum atomic E-state index is 0.0804. The van der Waals surface area contributed by atoms with Crippen molar-refractivity contribution >= 4 is 0 Å². The molecule has 8 nitrogen and oxygen atoms in total. The highest BCUT2D eigenvalue weighted by molar-refractivity contribution is 5.16. The van der Waals surface area contributed by atoms with Crippen LogP contribution >= 0.6 is 0 Å². The third-order valence-corrected chi connectivity index (χ3v) is 5.10. The molecule has 0 radical (unpaired) electrons. The van der Waals surface area contributed by atoms with E-state index < -0.39 is 0 Å². The SMILES string of the molecule is CC#CCOOOO.c1c(OCCCCN2CCCCCC2)nn2c1CCCC2. The second-order valence-corrected chi connectivity index (χ2v) is 7.30. The fourth-order valence-electron chi connectivity index (χ4n) is 3.58. The average Bonchev–Trinajstić information content (AvgIpc) is 2.98. The molecule has 1 N–H and O–H groups in total. The van der Waals surface area contributed by atoms with Crippen LogP contribution in [-0.2, 0) is 27.9 Å². The molecule has 1 aromatic rings. The molecular weight excluding hydrogens is 374 g/mol. The Morgan fingerprint density at radius 2 is 1.86 bits per heavy atom. The fourth-order valence-corrected chi connectivity index (χ4v) is 3.58. The van der Waals surface area contributed by atoms with Crippen molar-refractivity contribution in [2.45, 2.75) is 71.3 Å². The monoisotopic (exact) mass is 409 g/mol. The Kier molecular flexibility index (Phi) is 12.4. The first-order valence-electron chi connectivity index (χ1n) is 10.7. The third-order valence-electron chi connectivity index (χ3n) is 5.10. The van der Waals surface area contributed by atoms with E-state index in [1.54, 1.807) is 6.92 Å². The Labute approximate surface area is 173 Å². The second-order valence-electron chi connectivity index (χ2n) is 7.30. The van der Waals surface area contributed by atoms with Gasteiger partial charge in [0.2, 0.25) is 5.88 Å². The van der Waals surface area contributed by atoms with Gasteiger partial charge in [0.15, 0.2) is 0 Å². The molecule has 0 saturated carbocycles. The van der Waals surface area contributed by atoms with Crippen molar-refractivity contribution in [2.75, 3.05) is 32.8 Å². The zero-order chi connectivity index (χ0) is 20.6. The van der Waals surface area contributed by atoms with Crippen LogP contribution in [0.25, 0.3) is 0 Å². The van der Waals surface area contributed by atoms with Crippen LogP contribution in [0.5, 0.6) is 5.88 Å². The molecule has 3 heterocycles. The van der Waals surface area contributed by atoms with Crippen molar-refractivity contribution in [1.29, 1.82) is 0 Å². The van der Waals surface area contributed by atoms with Gasteiger partial charge in [-0.25, -0.2) is 5.26 Å². The van der Waals surface area contributed by atoms with Gasteiger partial charge in [-0.3, -0.25) is 4.68 Å². The molecule has 29 heavy (non-hydrogen) atoms. The Morgan fingerprint density at radius 1 is 1.07 bits per heavy atom. The molecule has 0 aromatic carbocycles. The van der Waals surface area contributed by atoms with Gasteiger partial charge in [0, 0.05) is 18.3 Å².